The largest absolute Gasteiger partial charge is 0.398 e. The van der Waals surface area contributed by atoms with E-state index in [9.17, 15) is 0 Å². The van der Waals surface area contributed by atoms with Crippen LogP contribution < -0.4 is 16.0 Å². The van der Waals surface area contributed by atoms with E-state index >= 15 is 0 Å². The molecule has 22 aromatic rings. The van der Waals surface area contributed by atoms with E-state index in [1.807, 2.05) is 24.3 Å². The number of hydrogen-bond acceptors (Lipinski definition) is 3. The summed E-state index contributed by atoms with van der Waals surface area (Å²) < 4.78 is 2.29. The zero-order valence-electron chi connectivity index (χ0n) is 75.8. The number of nitrogens with zero attached hydrogens (tertiary/aromatic N) is 1. The predicted octanol–water partition coefficient (Wildman–Crippen LogP) is 38.2. The summed E-state index contributed by atoms with van der Waals surface area (Å²) in [6.07, 6.45) is 0. The average molecular weight is 1880 g/mol. The third-order valence-electron chi connectivity index (χ3n) is 27.6. The maximum absolute atomic E-state index is 6.31. The standard InChI is InChI=1S/C47H35N.C35H27N.C20H15N.C15H13Br.C12H9Br.2CH4/c1-47(2)42-25-12-10-23-39(42)41-31-35(28-29-43(41)47)48(44-26-13-11-21-37(44)33-15-4-3-5-16-33)45-30-27-34-18-7-9-22-38(34)46(45)40-24-14-19-32-17-6-8-20-36(32)40;1-35(2)31-17-8-7-15-28(31)30-22-25(19-20-32(30)35)36-33-21-18-24-11-4-6-14-27(24)34(33)29-16-9-12-23-10-3-5-13-26(23)29;21-19-13-12-15-7-2-4-10-17(15)20(19)18-11-5-8-14-6-1-3-9-16(14)18;1-15(2)13-6-4-3-5-11(13)12-9-10(16)7-8-14(12)15;13-12-9-5-4-8-11(12)10-6-2-1-3-7-10;;/h3-31H,1-2H3;3-22,36H,1-2H3;1-13H,21H2;3-9H,1-2H3;1-9H;2*1H4. The van der Waals surface area contributed by atoms with Gasteiger partial charge in [-0.2, -0.15) is 0 Å². The number of halogens is 2. The van der Waals surface area contributed by atoms with Crippen molar-refractivity contribution >= 4 is 131 Å². The van der Waals surface area contributed by atoms with Gasteiger partial charge in [-0.05, 0) is 232 Å². The molecule has 0 saturated carbocycles. The van der Waals surface area contributed by atoms with Crippen LogP contribution in [0.3, 0.4) is 0 Å². The van der Waals surface area contributed by atoms with E-state index in [2.05, 4.69) is 533 Å². The van der Waals surface area contributed by atoms with E-state index in [-0.39, 0.29) is 31.1 Å². The Labute approximate surface area is 817 Å². The first-order valence-corrected chi connectivity index (χ1v) is 47.8. The summed E-state index contributed by atoms with van der Waals surface area (Å²) in [4.78, 5) is 2.50. The normalized spacial score (nSPS) is 12.6. The van der Waals surface area contributed by atoms with Crippen molar-refractivity contribution in [1.82, 2.24) is 0 Å². The minimum Gasteiger partial charge on any atom is -0.398 e. The molecule has 0 unspecified atom stereocenters. The van der Waals surface area contributed by atoms with Crippen molar-refractivity contribution in [2.24, 2.45) is 0 Å². The second kappa shape index (κ2) is 38.0. The Morgan fingerprint density at radius 3 is 1.06 bits per heavy atom. The monoisotopic (exact) mass is 1880 g/mol. The number of nitrogens with two attached hydrogens (primary N) is 1. The molecule has 3 nitrogen and oxygen atoms in total. The lowest BCUT2D eigenvalue weighted by molar-refractivity contribution is 0.660. The van der Waals surface area contributed by atoms with Gasteiger partial charge in [0.2, 0.25) is 0 Å². The highest BCUT2D eigenvalue weighted by Gasteiger charge is 2.39. The summed E-state index contributed by atoms with van der Waals surface area (Å²) in [5.41, 5.74) is 41.5. The molecule has 0 radical (unpaired) electrons. The molecule has 3 N–H and O–H groups in total. The van der Waals surface area contributed by atoms with Crippen molar-refractivity contribution in [2.45, 2.75) is 72.6 Å². The van der Waals surface area contributed by atoms with Crippen LogP contribution in [0.4, 0.5) is 34.1 Å². The Morgan fingerprint density at radius 2 is 0.559 bits per heavy atom. The van der Waals surface area contributed by atoms with E-state index in [1.165, 1.54) is 181 Å². The maximum Gasteiger partial charge on any atom is 0.0546 e. The zero-order valence-corrected chi connectivity index (χ0v) is 79.0. The molecule has 0 atom stereocenters. The van der Waals surface area contributed by atoms with Crippen molar-refractivity contribution in [3.63, 3.8) is 0 Å². The third kappa shape index (κ3) is 16.7. The molecule has 25 rings (SSSR count). The van der Waals surface area contributed by atoms with Gasteiger partial charge >= 0.3 is 0 Å². The van der Waals surface area contributed by atoms with Crippen LogP contribution in [-0.4, -0.2) is 0 Å². The van der Waals surface area contributed by atoms with Gasteiger partial charge in [-0.15, -0.1) is 0 Å². The summed E-state index contributed by atoms with van der Waals surface area (Å²) in [5.74, 6) is 0. The Kier molecular flexibility index (Phi) is 25.2. The fourth-order valence-corrected chi connectivity index (χ4v) is 21.9. The smallest absolute Gasteiger partial charge is 0.0546 e. The van der Waals surface area contributed by atoms with E-state index in [1.54, 1.807) is 0 Å². The molecule has 136 heavy (non-hydrogen) atoms. The SMILES string of the molecule is Brc1ccccc1-c1ccccc1.C.C.CC1(C)c2ccccc2-c2cc(Br)ccc21.CC1(C)c2ccccc2-c2cc(N(c3ccccc3-c3ccccc3)c3ccc4ccccc4c3-c3cccc4ccccc34)ccc21.CC1(C)c2ccccc2-c2cc(Nc3ccc4ccccc4c3-c3cccc4ccccc34)ccc21.Nc1ccc2ccccc2c1-c1cccc2ccccc12. The number of rotatable bonds is 10. The number of hydrogen-bond donors (Lipinski definition) is 2. The van der Waals surface area contributed by atoms with Crippen molar-refractivity contribution in [2.75, 3.05) is 16.0 Å². The number of nitrogen functional groups attached to an aromatic ring is 1. The van der Waals surface area contributed by atoms with Gasteiger partial charge in [-0.25, -0.2) is 0 Å². The maximum atomic E-state index is 6.31. The fraction of sp³-hybridized carbons (Fsp3) is 0.0840. The van der Waals surface area contributed by atoms with E-state index in [0.717, 1.165) is 48.6 Å². The Hall–Kier alpha value is -15.2. The molecule has 0 bridgehead atoms. The van der Waals surface area contributed by atoms with Crippen LogP contribution in [0, 0.1) is 0 Å². The van der Waals surface area contributed by atoms with Crippen molar-refractivity contribution in [3.05, 3.63) is 516 Å². The van der Waals surface area contributed by atoms with Crippen LogP contribution in [0.15, 0.2) is 482 Å². The molecular weight excluding hydrogens is 1780 g/mol. The molecule has 5 heteroatoms. The van der Waals surface area contributed by atoms with Crippen LogP contribution in [0.25, 0.3) is 154 Å². The summed E-state index contributed by atoms with van der Waals surface area (Å²) >= 11 is 7.09. The van der Waals surface area contributed by atoms with E-state index < -0.39 is 0 Å². The summed E-state index contributed by atoms with van der Waals surface area (Å²) in [5, 5.41) is 18.7. The Bertz CT molecular complexity index is 8230. The molecular formula is C131H107Br2N3. The van der Waals surface area contributed by atoms with Crippen molar-refractivity contribution in [3.8, 4) is 89.0 Å². The highest BCUT2D eigenvalue weighted by Crippen LogP contribution is 2.56. The Balaban J connectivity index is 0.000000118. The first kappa shape index (κ1) is 90.0. The van der Waals surface area contributed by atoms with Gasteiger partial charge < -0.3 is 16.0 Å². The van der Waals surface area contributed by atoms with Crippen LogP contribution in [0.5, 0.6) is 0 Å². The highest BCUT2D eigenvalue weighted by atomic mass is 79.9. The Morgan fingerprint density at radius 1 is 0.228 bits per heavy atom. The third-order valence-corrected chi connectivity index (χ3v) is 28.8. The molecule has 0 amide bonds. The fourth-order valence-electron chi connectivity index (χ4n) is 21.1. The van der Waals surface area contributed by atoms with Gasteiger partial charge in [0.25, 0.3) is 0 Å². The molecule has 0 heterocycles. The molecule has 0 aliphatic heterocycles. The average Bonchev–Trinajstić information content (AvgIpc) is 1.54. The highest BCUT2D eigenvalue weighted by molar-refractivity contribution is 9.10. The molecule has 0 saturated heterocycles. The number of benzene rings is 22. The summed E-state index contributed by atoms with van der Waals surface area (Å²) in [6, 6.07) is 170. The summed E-state index contributed by atoms with van der Waals surface area (Å²) in [7, 11) is 0. The first-order valence-electron chi connectivity index (χ1n) is 46.2. The van der Waals surface area contributed by atoms with Gasteiger partial charge in [0, 0.05) is 70.2 Å². The topological polar surface area (TPSA) is 41.3 Å². The lowest BCUT2D eigenvalue weighted by atomic mass is 9.82. The predicted molar refractivity (Wildman–Crippen MR) is 595 cm³/mol. The lowest BCUT2D eigenvalue weighted by Crippen LogP contribution is -2.16. The molecule has 0 aromatic heterocycles. The second-order valence-corrected chi connectivity index (χ2v) is 38.4. The molecule has 660 valence electrons. The van der Waals surface area contributed by atoms with Crippen LogP contribution in [0.1, 0.15) is 89.8 Å². The van der Waals surface area contributed by atoms with Gasteiger partial charge in [0.15, 0.2) is 0 Å². The van der Waals surface area contributed by atoms with Gasteiger partial charge in [-0.1, -0.05) is 495 Å². The minimum atomic E-state index is -0.0612. The van der Waals surface area contributed by atoms with Crippen molar-refractivity contribution in [1.29, 1.82) is 0 Å². The number of nitrogens with one attached hydrogen (secondary N) is 1. The number of fused-ring (bicyclic) bond motifs is 15. The number of para-hydroxylation sites is 1. The molecule has 0 spiro atoms. The van der Waals surface area contributed by atoms with Crippen molar-refractivity contribution < 1.29 is 0 Å². The van der Waals surface area contributed by atoms with Gasteiger partial charge in [0.05, 0.1) is 11.4 Å². The number of anilines is 6. The molecule has 0 fully saturated rings. The molecule has 22 aromatic carbocycles. The van der Waals surface area contributed by atoms with Crippen LogP contribution in [0.2, 0.25) is 0 Å². The quantitative estimate of drug-likeness (QED) is 0.134. The molecule has 3 aliphatic carbocycles. The molecule has 3 aliphatic rings. The zero-order chi connectivity index (χ0) is 91.2. The second-order valence-electron chi connectivity index (χ2n) is 36.6. The van der Waals surface area contributed by atoms with E-state index in [0.29, 0.717) is 0 Å². The first-order chi connectivity index (χ1) is 65.5. The minimum absolute atomic E-state index is 0. The van der Waals surface area contributed by atoms with Crippen LogP contribution >= 0.6 is 31.9 Å². The van der Waals surface area contributed by atoms with E-state index in [4.69, 9.17) is 5.73 Å². The van der Waals surface area contributed by atoms with Gasteiger partial charge in [-0.3, -0.25) is 0 Å². The van der Waals surface area contributed by atoms with Crippen LogP contribution in [-0.2, 0) is 16.2 Å². The summed E-state index contributed by atoms with van der Waals surface area (Å²) in [6.45, 7) is 13.9. The lowest BCUT2D eigenvalue weighted by Gasteiger charge is -2.31. The van der Waals surface area contributed by atoms with Gasteiger partial charge in [0.1, 0.15) is 0 Å².